The summed E-state index contributed by atoms with van der Waals surface area (Å²) in [5.41, 5.74) is 1.20. The standard InChI is InChI=1S/C14H20ClNSi/c1-14(2,3)17(4,5)16-10-9-11-7-6-8-12(15)13(11)16/h6-10H,1-5H3. The van der Waals surface area contributed by atoms with Crippen molar-refractivity contribution in [1.29, 1.82) is 0 Å². The molecule has 0 saturated carbocycles. The summed E-state index contributed by atoms with van der Waals surface area (Å²) in [6, 6.07) is 8.29. The van der Waals surface area contributed by atoms with Crippen LogP contribution in [0, 0.1) is 0 Å². The van der Waals surface area contributed by atoms with E-state index in [2.05, 4.69) is 56.4 Å². The third kappa shape index (κ3) is 1.93. The molecule has 0 radical (unpaired) electrons. The van der Waals surface area contributed by atoms with Crippen molar-refractivity contribution in [2.24, 2.45) is 0 Å². The van der Waals surface area contributed by atoms with Gasteiger partial charge in [-0.15, -0.1) is 0 Å². The average Bonchev–Trinajstić information content (AvgIpc) is 2.61. The topological polar surface area (TPSA) is 4.93 Å². The van der Waals surface area contributed by atoms with Gasteiger partial charge in [-0.25, -0.2) is 0 Å². The van der Waals surface area contributed by atoms with Crippen LogP contribution in [-0.4, -0.2) is 12.5 Å². The summed E-state index contributed by atoms with van der Waals surface area (Å²) in [6.07, 6.45) is 2.20. The van der Waals surface area contributed by atoms with E-state index < -0.39 is 8.24 Å². The van der Waals surface area contributed by atoms with Gasteiger partial charge in [-0.2, -0.15) is 0 Å². The van der Waals surface area contributed by atoms with E-state index in [0.29, 0.717) is 5.04 Å². The van der Waals surface area contributed by atoms with Crippen molar-refractivity contribution in [2.45, 2.75) is 38.9 Å². The van der Waals surface area contributed by atoms with Gasteiger partial charge in [-0.3, -0.25) is 0 Å². The molecule has 0 aliphatic rings. The molecule has 0 N–H and O–H groups in total. The lowest BCUT2D eigenvalue weighted by Crippen LogP contribution is -2.44. The van der Waals surface area contributed by atoms with Crippen LogP contribution in [-0.2, 0) is 0 Å². The maximum Gasteiger partial charge on any atom is 0.161 e. The Morgan fingerprint density at radius 3 is 2.35 bits per heavy atom. The van der Waals surface area contributed by atoms with Crippen LogP contribution in [0.2, 0.25) is 23.2 Å². The van der Waals surface area contributed by atoms with Crippen molar-refractivity contribution >= 4 is 30.7 Å². The number of fused-ring (bicyclic) bond motifs is 1. The Hall–Kier alpha value is -0.733. The molecule has 1 heterocycles. The van der Waals surface area contributed by atoms with Gasteiger partial charge in [0.1, 0.15) is 0 Å². The van der Waals surface area contributed by atoms with Crippen LogP contribution in [0.4, 0.5) is 0 Å². The number of halogens is 1. The Morgan fingerprint density at radius 2 is 1.76 bits per heavy atom. The summed E-state index contributed by atoms with van der Waals surface area (Å²) >= 11 is 6.36. The Bertz CT molecular complexity index is 549. The van der Waals surface area contributed by atoms with E-state index in [-0.39, 0.29) is 0 Å². The molecular formula is C14H20ClNSi. The van der Waals surface area contributed by atoms with Crippen molar-refractivity contribution in [3.05, 3.63) is 35.5 Å². The van der Waals surface area contributed by atoms with E-state index in [1.54, 1.807) is 0 Å². The zero-order chi connectivity index (χ0) is 12.8. The maximum atomic E-state index is 6.36. The first-order valence-corrected chi connectivity index (χ1v) is 9.34. The van der Waals surface area contributed by atoms with Crippen molar-refractivity contribution in [2.75, 3.05) is 0 Å². The highest BCUT2D eigenvalue weighted by Gasteiger charge is 2.38. The molecule has 0 amide bonds. The summed E-state index contributed by atoms with van der Waals surface area (Å²) in [4.78, 5) is 0. The number of aromatic nitrogens is 1. The van der Waals surface area contributed by atoms with Crippen molar-refractivity contribution < 1.29 is 0 Å². The first-order chi connectivity index (χ1) is 7.75. The molecule has 1 aromatic carbocycles. The minimum atomic E-state index is -1.59. The van der Waals surface area contributed by atoms with Gasteiger partial charge >= 0.3 is 0 Å². The Kier molecular flexibility index (Phi) is 2.91. The van der Waals surface area contributed by atoms with Crippen LogP contribution in [0.25, 0.3) is 10.9 Å². The Balaban J connectivity index is 2.73. The molecule has 1 aromatic heterocycles. The number of nitrogens with zero attached hydrogens (tertiary/aromatic N) is 1. The van der Waals surface area contributed by atoms with Gasteiger partial charge in [0.2, 0.25) is 0 Å². The van der Waals surface area contributed by atoms with Gasteiger partial charge in [0.25, 0.3) is 0 Å². The van der Waals surface area contributed by atoms with Gasteiger partial charge in [-0.1, -0.05) is 57.6 Å². The molecule has 1 nitrogen and oxygen atoms in total. The van der Waals surface area contributed by atoms with E-state index in [1.807, 2.05) is 12.1 Å². The van der Waals surface area contributed by atoms with Gasteiger partial charge in [0.05, 0.1) is 10.5 Å². The second-order valence-electron chi connectivity index (χ2n) is 6.17. The molecule has 0 fully saturated rings. The molecule has 0 unspecified atom stereocenters. The fourth-order valence-electron chi connectivity index (χ4n) is 1.98. The molecule has 0 atom stereocenters. The number of rotatable bonds is 1. The lowest BCUT2D eigenvalue weighted by Gasteiger charge is -2.38. The molecular weight excluding hydrogens is 246 g/mol. The van der Waals surface area contributed by atoms with Crippen LogP contribution in [0.5, 0.6) is 0 Å². The van der Waals surface area contributed by atoms with Crippen LogP contribution in [0.3, 0.4) is 0 Å². The number of hydrogen-bond acceptors (Lipinski definition) is 0. The molecule has 17 heavy (non-hydrogen) atoms. The first kappa shape index (κ1) is 12.7. The monoisotopic (exact) mass is 265 g/mol. The number of para-hydroxylation sites is 1. The zero-order valence-corrected chi connectivity index (χ0v) is 13.0. The van der Waals surface area contributed by atoms with E-state index in [0.717, 1.165) is 5.02 Å². The maximum absolute atomic E-state index is 6.36. The summed E-state index contributed by atoms with van der Waals surface area (Å²) in [5.74, 6) is 0. The number of hydrogen-bond donors (Lipinski definition) is 0. The molecule has 2 aromatic rings. The third-order valence-electron chi connectivity index (χ3n) is 4.10. The van der Waals surface area contributed by atoms with Crippen LogP contribution >= 0.6 is 11.6 Å². The summed E-state index contributed by atoms with van der Waals surface area (Å²) in [5, 5.41) is 2.40. The fraction of sp³-hybridized carbons (Fsp3) is 0.429. The largest absolute Gasteiger partial charge is 0.373 e. The van der Waals surface area contributed by atoms with E-state index >= 15 is 0 Å². The molecule has 0 saturated heterocycles. The highest BCUT2D eigenvalue weighted by molar-refractivity contribution is 6.79. The number of benzene rings is 1. The molecule has 0 spiro atoms. The minimum Gasteiger partial charge on any atom is -0.373 e. The molecule has 0 bridgehead atoms. The van der Waals surface area contributed by atoms with Gasteiger partial charge in [-0.05, 0) is 23.4 Å². The second kappa shape index (κ2) is 3.89. The van der Waals surface area contributed by atoms with Crippen LogP contribution < -0.4 is 0 Å². The van der Waals surface area contributed by atoms with Gasteiger partial charge in [0, 0.05) is 5.39 Å². The summed E-state index contributed by atoms with van der Waals surface area (Å²) in [6.45, 7) is 11.8. The lowest BCUT2D eigenvalue weighted by atomic mass is 10.2. The fourth-order valence-corrected chi connectivity index (χ4v) is 4.30. The van der Waals surface area contributed by atoms with Crippen LogP contribution in [0.1, 0.15) is 20.8 Å². The first-order valence-electron chi connectivity index (χ1n) is 6.01. The van der Waals surface area contributed by atoms with Gasteiger partial charge < -0.3 is 4.23 Å². The highest BCUT2D eigenvalue weighted by Crippen LogP contribution is 2.39. The Morgan fingerprint density at radius 1 is 1.12 bits per heavy atom. The summed E-state index contributed by atoms with van der Waals surface area (Å²) in [7, 11) is -1.59. The predicted octanol–water partition coefficient (Wildman–Crippen LogP) is 5.15. The summed E-state index contributed by atoms with van der Waals surface area (Å²) < 4.78 is 2.44. The molecule has 0 aliphatic carbocycles. The predicted molar refractivity (Wildman–Crippen MR) is 79.5 cm³/mol. The van der Waals surface area contributed by atoms with Crippen molar-refractivity contribution in [3.8, 4) is 0 Å². The average molecular weight is 266 g/mol. The van der Waals surface area contributed by atoms with Gasteiger partial charge in [0.15, 0.2) is 8.24 Å². The van der Waals surface area contributed by atoms with E-state index in [1.165, 1.54) is 10.9 Å². The smallest absolute Gasteiger partial charge is 0.161 e. The van der Waals surface area contributed by atoms with Crippen molar-refractivity contribution in [3.63, 3.8) is 0 Å². The van der Waals surface area contributed by atoms with Crippen LogP contribution in [0.15, 0.2) is 30.5 Å². The minimum absolute atomic E-state index is 0.304. The molecule has 3 heteroatoms. The Labute approximate surface area is 109 Å². The molecule has 2 rings (SSSR count). The third-order valence-corrected chi connectivity index (χ3v) is 9.65. The van der Waals surface area contributed by atoms with Crippen molar-refractivity contribution in [1.82, 2.24) is 4.23 Å². The lowest BCUT2D eigenvalue weighted by molar-refractivity contribution is 0.703. The SMILES string of the molecule is CC(C)(C)[Si](C)(C)n1ccc2cccc(Cl)c21. The molecule has 0 aliphatic heterocycles. The highest BCUT2D eigenvalue weighted by atomic mass is 35.5. The second-order valence-corrected chi connectivity index (χ2v) is 11.7. The van der Waals surface area contributed by atoms with E-state index in [9.17, 15) is 0 Å². The molecule has 92 valence electrons. The quantitative estimate of drug-likeness (QED) is 0.629. The zero-order valence-electron chi connectivity index (χ0n) is 11.2. The normalized spacial score (nSPS) is 13.3. The van der Waals surface area contributed by atoms with E-state index in [4.69, 9.17) is 11.6 Å².